The Labute approximate surface area is 180 Å². The van der Waals surface area contributed by atoms with Crippen LogP contribution in [0.15, 0.2) is 46.7 Å². The standard InChI is InChI=1S/C21H25N3O4S2/c25-20(18-6-4-14-24(18)21(26)19-7-5-15-29-19)22-16-8-10-17(11-9-16)30(27,28)23-12-2-1-3-13-23/h5,7-11,15,18H,1-4,6,12-14H2,(H,22,25). The second kappa shape index (κ2) is 8.87. The highest BCUT2D eigenvalue weighted by atomic mass is 32.2. The van der Waals surface area contributed by atoms with Crippen molar-refractivity contribution >= 4 is 38.9 Å². The molecule has 0 aliphatic carbocycles. The van der Waals surface area contributed by atoms with Crippen LogP contribution in [0.3, 0.4) is 0 Å². The molecule has 0 bridgehead atoms. The number of carbonyl (C=O) groups is 2. The molecule has 1 atom stereocenters. The Balaban J connectivity index is 1.43. The highest BCUT2D eigenvalue weighted by Gasteiger charge is 2.35. The van der Waals surface area contributed by atoms with E-state index in [4.69, 9.17) is 0 Å². The molecule has 2 saturated heterocycles. The maximum absolute atomic E-state index is 12.8. The van der Waals surface area contributed by atoms with Crippen LogP contribution < -0.4 is 5.32 Å². The zero-order chi connectivity index (χ0) is 21.1. The Bertz CT molecular complexity index is 997. The summed E-state index contributed by atoms with van der Waals surface area (Å²) in [5.74, 6) is -0.366. The third-order valence-electron chi connectivity index (χ3n) is 5.62. The second-order valence-corrected chi connectivity index (χ2v) is 10.5. The summed E-state index contributed by atoms with van der Waals surface area (Å²) in [5, 5.41) is 4.68. The summed E-state index contributed by atoms with van der Waals surface area (Å²) >= 11 is 1.37. The van der Waals surface area contributed by atoms with Crippen molar-refractivity contribution in [1.29, 1.82) is 0 Å². The van der Waals surface area contributed by atoms with Gasteiger partial charge in [-0.15, -0.1) is 11.3 Å². The summed E-state index contributed by atoms with van der Waals surface area (Å²) < 4.78 is 27.0. The summed E-state index contributed by atoms with van der Waals surface area (Å²) in [6.07, 6.45) is 4.22. The van der Waals surface area contributed by atoms with E-state index < -0.39 is 16.1 Å². The van der Waals surface area contributed by atoms with E-state index in [1.807, 2.05) is 11.4 Å². The molecule has 2 aliphatic heterocycles. The molecule has 2 aliphatic rings. The van der Waals surface area contributed by atoms with Gasteiger partial charge in [0.1, 0.15) is 6.04 Å². The Kier molecular flexibility index (Phi) is 6.21. The number of hydrogen-bond donors (Lipinski definition) is 1. The average molecular weight is 448 g/mol. The van der Waals surface area contributed by atoms with Gasteiger partial charge in [0.05, 0.1) is 9.77 Å². The quantitative estimate of drug-likeness (QED) is 0.763. The molecule has 7 nitrogen and oxygen atoms in total. The van der Waals surface area contributed by atoms with Gasteiger partial charge in [-0.05, 0) is 61.4 Å². The van der Waals surface area contributed by atoms with Crippen molar-refractivity contribution in [2.45, 2.75) is 43.0 Å². The van der Waals surface area contributed by atoms with Crippen molar-refractivity contribution < 1.29 is 18.0 Å². The first-order valence-electron chi connectivity index (χ1n) is 10.2. The number of anilines is 1. The minimum atomic E-state index is -3.50. The van der Waals surface area contributed by atoms with Crippen LogP contribution in [-0.2, 0) is 14.8 Å². The zero-order valence-electron chi connectivity index (χ0n) is 16.6. The number of rotatable bonds is 5. The van der Waals surface area contributed by atoms with E-state index in [0.717, 1.165) is 25.7 Å². The largest absolute Gasteiger partial charge is 0.326 e. The number of nitrogens with one attached hydrogen (secondary N) is 1. The van der Waals surface area contributed by atoms with Crippen LogP contribution in [-0.4, -0.2) is 55.1 Å². The van der Waals surface area contributed by atoms with Gasteiger partial charge in [-0.25, -0.2) is 8.42 Å². The smallest absolute Gasteiger partial charge is 0.264 e. The molecule has 30 heavy (non-hydrogen) atoms. The number of amides is 2. The average Bonchev–Trinajstić information content (AvgIpc) is 3.47. The SMILES string of the molecule is O=C(Nc1ccc(S(=O)(=O)N2CCCCC2)cc1)C1CCCN1C(=O)c1cccs1. The van der Waals surface area contributed by atoms with Gasteiger partial charge >= 0.3 is 0 Å². The van der Waals surface area contributed by atoms with E-state index >= 15 is 0 Å². The van der Waals surface area contributed by atoms with Gasteiger partial charge in [-0.3, -0.25) is 9.59 Å². The number of hydrogen-bond acceptors (Lipinski definition) is 5. The number of thiophene rings is 1. The second-order valence-electron chi connectivity index (χ2n) is 7.61. The molecule has 2 aromatic rings. The zero-order valence-corrected chi connectivity index (χ0v) is 18.3. The van der Waals surface area contributed by atoms with E-state index in [-0.39, 0.29) is 16.7 Å². The van der Waals surface area contributed by atoms with Crippen molar-refractivity contribution in [1.82, 2.24) is 9.21 Å². The molecule has 2 fully saturated rings. The summed E-state index contributed by atoms with van der Waals surface area (Å²) in [6.45, 7) is 1.66. The number of likely N-dealkylation sites (tertiary alicyclic amines) is 1. The summed E-state index contributed by atoms with van der Waals surface area (Å²) in [4.78, 5) is 27.9. The molecule has 1 aromatic heterocycles. The molecule has 9 heteroatoms. The lowest BCUT2D eigenvalue weighted by Crippen LogP contribution is -2.42. The van der Waals surface area contributed by atoms with Gasteiger partial charge in [0, 0.05) is 25.3 Å². The first-order chi connectivity index (χ1) is 14.5. The van der Waals surface area contributed by atoms with Crippen LogP contribution in [0, 0.1) is 0 Å². The maximum Gasteiger partial charge on any atom is 0.264 e. The molecular formula is C21H25N3O4S2. The molecule has 0 radical (unpaired) electrons. The highest BCUT2D eigenvalue weighted by Crippen LogP contribution is 2.25. The molecule has 1 aromatic carbocycles. The fraction of sp³-hybridized carbons (Fsp3) is 0.429. The van der Waals surface area contributed by atoms with E-state index in [1.54, 1.807) is 23.1 Å². The minimum Gasteiger partial charge on any atom is -0.326 e. The van der Waals surface area contributed by atoms with E-state index in [2.05, 4.69) is 5.32 Å². The maximum atomic E-state index is 12.8. The number of nitrogens with zero attached hydrogens (tertiary/aromatic N) is 2. The predicted molar refractivity (Wildman–Crippen MR) is 116 cm³/mol. The lowest BCUT2D eigenvalue weighted by Gasteiger charge is -2.26. The van der Waals surface area contributed by atoms with Crippen LogP contribution in [0.5, 0.6) is 0 Å². The van der Waals surface area contributed by atoms with Crippen LogP contribution in [0.2, 0.25) is 0 Å². The molecule has 4 rings (SSSR count). The first-order valence-corrected chi connectivity index (χ1v) is 12.5. The minimum absolute atomic E-state index is 0.120. The number of carbonyl (C=O) groups excluding carboxylic acids is 2. The topological polar surface area (TPSA) is 86.8 Å². The van der Waals surface area contributed by atoms with Gasteiger partial charge < -0.3 is 10.2 Å². The molecule has 0 saturated carbocycles. The van der Waals surface area contributed by atoms with Gasteiger partial charge in [0.25, 0.3) is 5.91 Å². The molecule has 1 N–H and O–H groups in total. The van der Waals surface area contributed by atoms with Gasteiger partial charge in [0.2, 0.25) is 15.9 Å². The fourth-order valence-corrected chi connectivity index (χ4v) is 6.21. The van der Waals surface area contributed by atoms with Gasteiger partial charge in [0.15, 0.2) is 0 Å². The normalized spacial score (nSPS) is 20.3. The third-order valence-corrected chi connectivity index (χ3v) is 8.39. The molecule has 0 spiro atoms. The van der Waals surface area contributed by atoms with Crippen molar-refractivity contribution in [3.05, 3.63) is 46.7 Å². The van der Waals surface area contributed by atoms with Crippen molar-refractivity contribution in [2.75, 3.05) is 25.0 Å². The molecule has 1 unspecified atom stereocenters. The van der Waals surface area contributed by atoms with Crippen molar-refractivity contribution in [2.24, 2.45) is 0 Å². The number of sulfonamides is 1. The summed E-state index contributed by atoms with van der Waals surface area (Å²) in [5.41, 5.74) is 0.521. The summed E-state index contributed by atoms with van der Waals surface area (Å²) in [6, 6.07) is 9.34. The molecule has 3 heterocycles. The van der Waals surface area contributed by atoms with E-state index in [0.29, 0.717) is 36.6 Å². The van der Waals surface area contributed by atoms with Gasteiger partial charge in [-0.2, -0.15) is 4.31 Å². The fourth-order valence-electron chi connectivity index (χ4n) is 4.01. The van der Waals surface area contributed by atoms with Crippen LogP contribution in [0.4, 0.5) is 5.69 Å². The monoisotopic (exact) mass is 447 g/mol. The van der Waals surface area contributed by atoms with E-state index in [1.165, 1.54) is 27.8 Å². The van der Waals surface area contributed by atoms with Crippen LogP contribution in [0.25, 0.3) is 0 Å². The lowest BCUT2D eigenvalue weighted by atomic mass is 10.2. The third kappa shape index (κ3) is 4.28. The lowest BCUT2D eigenvalue weighted by molar-refractivity contribution is -0.119. The number of piperidine rings is 1. The summed E-state index contributed by atoms with van der Waals surface area (Å²) in [7, 11) is -3.50. The Morgan fingerprint density at radius 1 is 0.967 bits per heavy atom. The van der Waals surface area contributed by atoms with Crippen LogP contribution >= 0.6 is 11.3 Å². The molecular weight excluding hydrogens is 422 g/mol. The highest BCUT2D eigenvalue weighted by molar-refractivity contribution is 7.89. The molecule has 2 amide bonds. The van der Waals surface area contributed by atoms with E-state index in [9.17, 15) is 18.0 Å². The van der Waals surface area contributed by atoms with Gasteiger partial charge in [-0.1, -0.05) is 12.5 Å². The van der Waals surface area contributed by atoms with Crippen molar-refractivity contribution in [3.8, 4) is 0 Å². The molecule has 160 valence electrons. The Hall–Kier alpha value is -2.23. The van der Waals surface area contributed by atoms with Crippen LogP contribution in [0.1, 0.15) is 41.8 Å². The predicted octanol–water partition coefficient (Wildman–Crippen LogP) is 3.17. The van der Waals surface area contributed by atoms with Crippen molar-refractivity contribution in [3.63, 3.8) is 0 Å². The number of benzene rings is 1. The Morgan fingerprint density at radius 3 is 2.37 bits per heavy atom. The first kappa shape index (κ1) is 21.0. The Morgan fingerprint density at radius 2 is 1.70 bits per heavy atom.